The van der Waals surface area contributed by atoms with Crippen molar-refractivity contribution in [3.05, 3.63) is 0 Å². The Bertz CT molecular complexity index is 168. The van der Waals surface area contributed by atoms with Crippen LogP contribution in [0.1, 0.15) is 39.0 Å². The molecule has 0 amide bonds. The third kappa shape index (κ3) is 4.43. The van der Waals surface area contributed by atoms with Crippen molar-refractivity contribution in [3.8, 4) is 0 Å². The van der Waals surface area contributed by atoms with E-state index in [1.807, 2.05) is 11.8 Å². The minimum atomic E-state index is -2.22. The molecule has 1 fully saturated rings. The van der Waals surface area contributed by atoms with Gasteiger partial charge in [0.15, 0.2) is 0 Å². The molecule has 2 N–H and O–H groups in total. The van der Waals surface area contributed by atoms with Crippen molar-refractivity contribution in [2.75, 3.05) is 13.1 Å². The van der Waals surface area contributed by atoms with E-state index in [0.717, 1.165) is 38.6 Å². The monoisotopic (exact) mass is 220 g/mol. The summed E-state index contributed by atoms with van der Waals surface area (Å²) in [5.41, 5.74) is 5.81. The number of halogens is 2. The van der Waals surface area contributed by atoms with Crippen LogP contribution in [0.4, 0.5) is 8.78 Å². The summed E-state index contributed by atoms with van der Waals surface area (Å²) in [5.74, 6) is 0. The number of nitrogens with zero attached hydrogens (tertiary/aromatic N) is 1. The van der Waals surface area contributed by atoms with Gasteiger partial charge in [-0.1, -0.05) is 6.92 Å². The predicted octanol–water partition coefficient (Wildman–Crippen LogP) is 2.23. The number of hydrogen-bond acceptors (Lipinski definition) is 2. The van der Waals surface area contributed by atoms with Crippen molar-refractivity contribution in [3.63, 3.8) is 0 Å². The highest BCUT2D eigenvalue weighted by Crippen LogP contribution is 2.22. The van der Waals surface area contributed by atoms with Crippen LogP contribution in [0.2, 0.25) is 0 Å². The van der Waals surface area contributed by atoms with E-state index >= 15 is 0 Å². The van der Waals surface area contributed by atoms with E-state index in [2.05, 4.69) is 0 Å². The molecule has 4 heteroatoms. The van der Waals surface area contributed by atoms with Crippen LogP contribution in [0, 0.1) is 0 Å². The SMILES string of the molecule is CCCN(CC(F)F)C1CCC(N)CC1. The summed E-state index contributed by atoms with van der Waals surface area (Å²) in [6, 6.07) is 0.620. The topological polar surface area (TPSA) is 29.3 Å². The molecule has 0 aromatic carbocycles. The molecule has 0 radical (unpaired) electrons. The zero-order valence-corrected chi connectivity index (χ0v) is 9.46. The third-order valence-corrected chi connectivity index (χ3v) is 3.14. The Morgan fingerprint density at radius 2 is 1.87 bits per heavy atom. The van der Waals surface area contributed by atoms with Gasteiger partial charge in [0.05, 0.1) is 6.54 Å². The fourth-order valence-corrected chi connectivity index (χ4v) is 2.35. The Labute approximate surface area is 90.8 Å². The lowest BCUT2D eigenvalue weighted by atomic mass is 9.90. The number of nitrogens with two attached hydrogens (primary N) is 1. The van der Waals surface area contributed by atoms with E-state index in [1.54, 1.807) is 0 Å². The second kappa shape index (κ2) is 6.38. The minimum absolute atomic E-state index is 0.0757. The largest absolute Gasteiger partial charge is 0.328 e. The van der Waals surface area contributed by atoms with E-state index in [-0.39, 0.29) is 12.6 Å². The fourth-order valence-electron chi connectivity index (χ4n) is 2.35. The molecule has 0 saturated heterocycles. The molecule has 0 aromatic rings. The zero-order valence-electron chi connectivity index (χ0n) is 9.46. The minimum Gasteiger partial charge on any atom is -0.328 e. The normalized spacial score (nSPS) is 27.6. The van der Waals surface area contributed by atoms with E-state index in [0.29, 0.717) is 6.04 Å². The molecule has 1 aliphatic rings. The molecule has 0 aliphatic heterocycles. The first-order chi connectivity index (χ1) is 7.13. The van der Waals surface area contributed by atoms with Gasteiger partial charge in [-0.2, -0.15) is 0 Å². The summed E-state index contributed by atoms with van der Waals surface area (Å²) < 4.78 is 24.7. The van der Waals surface area contributed by atoms with Crippen LogP contribution in [-0.2, 0) is 0 Å². The summed E-state index contributed by atoms with van der Waals surface area (Å²) in [7, 11) is 0. The molecule has 0 atom stereocenters. The molecule has 0 heterocycles. The maximum absolute atomic E-state index is 12.4. The van der Waals surface area contributed by atoms with Crippen molar-refractivity contribution in [1.82, 2.24) is 4.90 Å². The standard InChI is InChI=1S/C11H22F2N2/c1-2-7-15(8-11(12)13)10-5-3-9(14)4-6-10/h9-11H,2-8,14H2,1H3. The first kappa shape index (κ1) is 12.8. The molecule has 1 rings (SSSR count). The van der Waals surface area contributed by atoms with Crippen LogP contribution in [0.3, 0.4) is 0 Å². The Hall–Kier alpha value is -0.220. The molecule has 0 unspecified atom stereocenters. The van der Waals surface area contributed by atoms with Crippen molar-refractivity contribution < 1.29 is 8.78 Å². The van der Waals surface area contributed by atoms with Crippen molar-refractivity contribution in [2.45, 2.75) is 57.5 Å². The van der Waals surface area contributed by atoms with E-state index in [1.165, 1.54) is 0 Å². The van der Waals surface area contributed by atoms with Crippen molar-refractivity contribution in [1.29, 1.82) is 0 Å². The molecule has 1 saturated carbocycles. The molecule has 15 heavy (non-hydrogen) atoms. The van der Waals surface area contributed by atoms with E-state index in [4.69, 9.17) is 5.73 Å². The first-order valence-corrected chi connectivity index (χ1v) is 5.91. The van der Waals surface area contributed by atoms with Gasteiger partial charge in [-0.25, -0.2) is 8.78 Å². The van der Waals surface area contributed by atoms with Crippen LogP contribution in [0.25, 0.3) is 0 Å². The molecular weight excluding hydrogens is 198 g/mol. The summed E-state index contributed by atoms with van der Waals surface area (Å²) in [4.78, 5) is 1.94. The molecule has 1 aliphatic carbocycles. The maximum Gasteiger partial charge on any atom is 0.251 e. The van der Waals surface area contributed by atoms with Crippen molar-refractivity contribution in [2.24, 2.45) is 5.73 Å². The zero-order chi connectivity index (χ0) is 11.3. The van der Waals surface area contributed by atoms with E-state index in [9.17, 15) is 8.78 Å². The predicted molar refractivity (Wildman–Crippen MR) is 58.1 cm³/mol. The van der Waals surface area contributed by atoms with Gasteiger partial charge in [0.2, 0.25) is 0 Å². The summed E-state index contributed by atoms with van der Waals surface area (Å²) in [6.07, 6.45) is 2.64. The number of hydrogen-bond donors (Lipinski definition) is 1. The van der Waals surface area contributed by atoms with Gasteiger partial charge in [0, 0.05) is 12.1 Å². The molecule has 2 nitrogen and oxygen atoms in total. The van der Waals surface area contributed by atoms with Crippen LogP contribution in [0.5, 0.6) is 0 Å². The summed E-state index contributed by atoms with van der Waals surface area (Å²) in [5, 5.41) is 0. The second-order valence-corrected chi connectivity index (χ2v) is 4.45. The van der Waals surface area contributed by atoms with Gasteiger partial charge in [-0.15, -0.1) is 0 Å². The fraction of sp³-hybridized carbons (Fsp3) is 1.00. The van der Waals surface area contributed by atoms with E-state index < -0.39 is 6.43 Å². The van der Waals surface area contributed by atoms with Gasteiger partial charge in [0.25, 0.3) is 6.43 Å². The average molecular weight is 220 g/mol. The van der Waals surface area contributed by atoms with Gasteiger partial charge in [-0.05, 0) is 38.6 Å². The first-order valence-electron chi connectivity index (χ1n) is 5.91. The summed E-state index contributed by atoms with van der Waals surface area (Å²) in [6.45, 7) is 2.74. The summed E-state index contributed by atoms with van der Waals surface area (Å²) >= 11 is 0. The second-order valence-electron chi connectivity index (χ2n) is 4.45. The Kier molecular flexibility index (Phi) is 5.47. The Balaban J connectivity index is 2.40. The van der Waals surface area contributed by atoms with Crippen LogP contribution in [0.15, 0.2) is 0 Å². The lowest BCUT2D eigenvalue weighted by Crippen LogP contribution is -2.43. The average Bonchev–Trinajstić information content (AvgIpc) is 2.17. The highest BCUT2D eigenvalue weighted by atomic mass is 19.3. The quantitative estimate of drug-likeness (QED) is 0.770. The molecule has 90 valence electrons. The smallest absolute Gasteiger partial charge is 0.251 e. The Morgan fingerprint density at radius 1 is 1.27 bits per heavy atom. The molecular formula is C11H22F2N2. The highest BCUT2D eigenvalue weighted by Gasteiger charge is 2.25. The van der Waals surface area contributed by atoms with Gasteiger partial charge in [0.1, 0.15) is 0 Å². The highest BCUT2D eigenvalue weighted by molar-refractivity contribution is 4.81. The molecule has 0 aromatic heterocycles. The van der Waals surface area contributed by atoms with Gasteiger partial charge in [-0.3, -0.25) is 4.90 Å². The maximum atomic E-state index is 12.4. The lowest BCUT2D eigenvalue weighted by Gasteiger charge is -2.35. The number of rotatable bonds is 5. The number of alkyl halides is 2. The lowest BCUT2D eigenvalue weighted by molar-refractivity contribution is 0.0528. The van der Waals surface area contributed by atoms with Crippen molar-refractivity contribution >= 4 is 0 Å². The van der Waals surface area contributed by atoms with Gasteiger partial charge >= 0.3 is 0 Å². The molecule has 0 spiro atoms. The van der Waals surface area contributed by atoms with Crippen LogP contribution in [-0.4, -0.2) is 36.5 Å². The molecule has 0 bridgehead atoms. The van der Waals surface area contributed by atoms with Crippen LogP contribution < -0.4 is 5.73 Å². The third-order valence-electron chi connectivity index (χ3n) is 3.14. The van der Waals surface area contributed by atoms with Crippen LogP contribution >= 0.6 is 0 Å². The van der Waals surface area contributed by atoms with Gasteiger partial charge < -0.3 is 5.73 Å². The Morgan fingerprint density at radius 3 is 2.33 bits per heavy atom.